The molecule has 3 nitrogen and oxygen atoms in total. The van der Waals surface area contributed by atoms with Crippen LogP contribution < -0.4 is 5.73 Å². The second-order valence-electron chi connectivity index (χ2n) is 5.21. The molecular formula is C15H23FN2O. The van der Waals surface area contributed by atoms with Gasteiger partial charge in [-0.3, -0.25) is 4.90 Å². The van der Waals surface area contributed by atoms with E-state index in [2.05, 4.69) is 11.8 Å². The summed E-state index contributed by atoms with van der Waals surface area (Å²) < 4.78 is 18.5. The highest BCUT2D eigenvalue weighted by molar-refractivity contribution is 5.22. The fourth-order valence-corrected chi connectivity index (χ4v) is 2.81. The van der Waals surface area contributed by atoms with Gasteiger partial charge in [-0.1, -0.05) is 19.1 Å². The zero-order valence-electron chi connectivity index (χ0n) is 11.7. The van der Waals surface area contributed by atoms with Gasteiger partial charge in [0.1, 0.15) is 5.82 Å². The molecule has 3 atom stereocenters. The molecule has 19 heavy (non-hydrogen) atoms. The molecule has 1 fully saturated rings. The van der Waals surface area contributed by atoms with E-state index in [1.165, 1.54) is 12.1 Å². The first-order valence-corrected chi connectivity index (χ1v) is 6.93. The van der Waals surface area contributed by atoms with Crippen LogP contribution in [0.3, 0.4) is 0 Å². The summed E-state index contributed by atoms with van der Waals surface area (Å²) in [5.41, 5.74) is 7.37. The Morgan fingerprint density at radius 2 is 2.11 bits per heavy atom. The molecule has 0 aliphatic carbocycles. The van der Waals surface area contributed by atoms with E-state index in [0.29, 0.717) is 0 Å². The minimum absolute atomic E-state index is 0.0565. The van der Waals surface area contributed by atoms with Crippen LogP contribution >= 0.6 is 0 Å². The Kier molecular flexibility index (Phi) is 4.91. The maximum absolute atomic E-state index is 13.1. The van der Waals surface area contributed by atoms with Gasteiger partial charge in [0, 0.05) is 32.3 Å². The number of ether oxygens (including phenoxy) is 1. The topological polar surface area (TPSA) is 38.5 Å². The number of likely N-dealkylation sites (tertiary alicyclic amines) is 1. The van der Waals surface area contributed by atoms with Crippen molar-refractivity contribution in [2.75, 3.05) is 20.2 Å². The van der Waals surface area contributed by atoms with Crippen LogP contribution in [-0.4, -0.2) is 37.2 Å². The predicted molar refractivity (Wildman–Crippen MR) is 74.4 cm³/mol. The minimum Gasteiger partial charge on any atom is -0.380 e. The highest BCUT2D eigenvalue weighted by Gasteiger charge is 2.32. The van der Waals surface area contributed by atoms with Crippen molar-refractivity contribution in [1.29, 1.82) is 0 Å². The van der Waals surface area contributed by atoms with E-state index in [9.17, 15) is 4.39 Å². The van der Waals surface area contributed by atoms with Crippen molar-refractivity contribution in [3.8, 4) is 0 Å². The number of methoxy groups -OCH3 is 1. The van der Waals surface area contributed by atoms with Crippen LogP contribution in [-0.2, 0) is 4.74 Å². The van der Waals surface area contributed by atoms with Gasteiger partial charge in [0.15, 0.2) is 0 Å². The van der Waals surface area contributed by atoms with Gasteiger partial charge in [-0.05, 0) is 30.5 Å². The SMILES string of the molecule is CCC(N)C(c1ccc(F)cc1)N1CCC(OC)C1. The van der Waals surface area contributed by atoms with Gasteiger partial charge in [0.2, 0.25) is 0 Å². The molecule has 2 N–H and O–H groups in total. The predicted octanol–water partition coefficient (Wildman–Crippen LogP) is 2.32. The van der Waals surface area contributed by atoms with Gasteiger partial charge in [-0.25, -0.2) is 4.39 Å². The zero-order chi connectivity index (χ0) is 13.8. The number of nitrogens with two attached hydrogens (primary N) is 1. The van der Waals surface area contributed by atoms with Crippen molar-refractivity contribution in [3.63, 3.8) is 0 Å². The Balaban J connectivity index is 2.19. The number of benzene rings is 1. The largest absolute Gasteiger partial charge is 0.380 e. The van der Waals surface area contributed by atoms with E-state index >= 15 is 0 Å². The molecule has 0 spiro atoms. The molecule has 0 radical (unpaired) electrons. The average molecular weight is 266 g/mol. The molecule has 4 heteroatoms. The van der Waals surface area contributed by atoms with Crippen LogP contribution in [0.1, 0.15) is 31.4 Å². The molecular weight excluding hydrogens is 243 g/mol. The van der Waals surface area contributed by atoms with Crippen LogP contribution in [0.4, 0.5) is 4.39 Å². The van der Waals surface area contributed by atoms with Gasteiger partial charge >= 0.3 is 0 Å². The van der Waals surface area contributed by atoms with Crippen molar-refractivity contribution in [2.45, 2.75) is 38.0 Å². The van der Waals surface area contributed by atoms with E-state index in [4.69, 9.17) is 10.5 Å². The summed E-state index contributed by atoms with van der Waals surface area (Å²) >= 11 is 0. The molecule has 1 aromatic rings. The fraction of sp³-hybridized carbons (Fsp3) is 0.600. The summed E-state index contributed by atoms with van der Waals surface area (Å²) in [6.07, 6.45) is 2.22. The van der Waals surface area contributed by atoms with Gasteiger partial charge in [-0.2, -0.15) is 0 Å². The molecule has 1 heterocycles. The monoisotopic (exact) mass is 266 g/mol. The summed E-state index contributed by atoms with van der Waals surface area (Å²) in [5, 5.41) is 0. The van der Waals surface area contributed by atoms with Crippen LogP contribution in [0.15, 0.2) is 24.3 Å². The Morgan fingerprint density at radius 1 is 1.42 bits per heavy atom. The van der Waals surface area contributed by atoms with Crippen molar-refractivity contribution >= 4 is 0 Å². The fourth-order valence-electron chi connectivity index (χ4n) is 2.81. The highest BCUT2D eigenvalue weighted by atomic mass is 19.1. The molecule has 1 aliphatic heterocycles. The number of nitrogens with zero attached hydrogens (tertiary/aromatic N) is 1. The third kappa shape index (κ3) is 3.32. The van der Waals surface area contributed by atoms with Crippen LogP contribution in [0, 0.1) is 5.82 Å². The first-order chi connectivity index (χ1) is 9.15. The van der Waals surface area contributed by atoms with E-state index in [0.717, 1.165) is 31.5 Å². The van der Waals surface area contributed by atoms with Crippen LogP contribution in [0.2, 0.25) is 0 Å². The minimum atomic E-state index is -0.205. The average Bonchev–Trinajstić information content (AvgIpc) is 2.89. The zero-order valence-corrected chi connectivity index (χ0v) is 11.7. The Labute approximate surface area is 114 Å². The van der Waals surface area contributed by atoms with E-state index < -0.39 is 0 Å². The summed E-state index contributed by atoms with van der Waals surface area (Å²) in [6.45, 7) is 3.96. The maximum atomic E-state index is 13.1. The van der Waals surface area contributed by atoms with E-state index in [-0.39, 0.29) is 24.0 Å². The normalized spacial score (nSPS) is 23.5. The lowest BCUT2D eigenvalue weighted by Crippen LogP contribution is -2.40. The van der Waals surface area contributed by atoms with E-state index in [1.54, 1.807) is 7.11 Å². The molecule has 1 aromatic carbocycles. The van der Waals surface area contributed by atoms with Gasteiger partial charge in [0.25, 0.3) is 0 Å². The molecule has 2 rings (SSSR count). The maximum Gasteiger partial charge on any atom is 0.123 e. The van der Waals surface area contributed by atoms with Crippen molar-refractivity contribution in [2.24, 2.45) is 5.73 Å². The molecule has 0 aromatic heterocycles. The lowest BCUT2D eigenvalue weighted by Gasteiger charge is -2.32. The van der Waals surface area contributed by atoms with E-state index in [1.807, 2.05) is 12.1 Å². The quantitative estimate of drug-likeness (QED) is 0.889. The molecule has 0 bridgehead atoms. The summed E-state index contributed by atoms with van der Waals surface area (Å²) in [4.78, 5) is 2.36. The summed E-state index contributed by atoms with van der Waals surface area (Å²) in [6, 6.07) is 6.90. The van der Waals surface area contributed by atoms with Crippen molar-refractivity contribution in [3.05, 3.63) is 35.6 Å². The smallest absolute Gasteiger partial charge is 0.123 e. The molecule has 1 saturated heterocycles. The first kappa shape index (κ1) is 14.4. The highest BCUT2D eigenvalue weighted by Crippen LogP contribution is 2.29. The Bertz CT molecular complexity index is 396. The third-order valence-electron chi connectivity index (χ3n) is 3.99. The molecule has 3 unspecified atom stereocenters. The lowest BCUT2D eigenvalue weighted by atomic mass is 9.96. The number of halogens is 1. The first-order valence-electron chi connectivity index (χ1n) is 6.93. The molecule has 0 saturated carbocycles. The molecule has 1 aliphatic rings. The van der Waals surface area contributed by atoms with Crippen molar-refractivity contribution in [1.82, 2.24) is 4.90 Å². The lowest BCUT2D eigenvalue weighted by molar-refractivity contribution is 0.0971. The standard InChI is InChI=1S/C15H23FN2O/c1-3-14(17)15(11-4-6-12(16)7-5-11)18-9-8-13(10-18)19-2/h4-7,13-15H,3,8-10,17H2,1-2H3. The second kappa shape index (κ2) is 6.46. The number of rotatable bonds is 5. The number of hydrogen-bond acceptors (Lipinski definition) is 3. The third-order valence-corrected chi connectivity index (χ3v) is 3.99. The Morgan fingerprint density at radius 3 is 2.63 bits per heavy atom. The van der Waals surface area contributed by atoms with Gasteiger partial charge in [0.05, 0.1) is 6.10 Å². The van der Waals surface area contributed by atoms with Crippen LogP contribution in [0.25, 0.3) is 0 Å². The summed E-state index contributed by atoms with van der Waals surface area (Å²) in [5.74, 6) is -0.205. The number of hydrogen-bond donors (Lipinski definition) is 1. The summed E-state index contributed by atoms with van der Waals surface area (Å²) in [7, 11) is 1.75. The van der Waals surface area contributed by atoms with Crippen molar-refractivity contribution < 1.29 is 9.13 Å². The Hall–Kier alpha value is -0.970. The molecule has 0 amide bonds. The molecule has 106 valence electrons. The second-order valence-corrected chi connectivity index (χ2v) is 5.21. The van der Waals surface area contributed by atoms with Gasteiger partial charge < -0.3 is 10.5 Å². The van der Waals surface area contributed by atoms with Gasteiger partial charge in [-0.15, -0.1) is 0 Å². The van der Waals surface area contributed by atoms with Crippen LogP contribution in [0.5, 0.6) is 0 Å².